The lowest BCUT2D eigenvalue weighted by atomic mass is 9.88. The molecule has 0 fully saturated rings. The van der Waals surface area contributed by atoms with Gasteiger partial charge in [0.05, 0.1) is 13.5 Å². The number of hydrogen-bond acceptors (Lipinski definition) is 3. The maximum absolute atomic E-state index is 10.9. The van der Waals surface area contributed by atoms with Crippen LogP contribution >= 0.6 is 0 Å². The summed E-state index contributed by atoms with van der Waals surface area (Å²) < 4.78 is 5.35. The normalized spacial score (nSPS) is 18.6. The quantitative estimate of drug-likeness (QED) is 0.836. The number of fused-ring (bicyclic) bond motifs is 1. The van der Waals surface area contributed by atoms with Crippen LogP contribution in [0.1, 0.15) is 29.2 Å². The highest BCUT2D eigenvalue weighted by atomic mass is 16.5. The maximum atomic E-state index is 10.9. The first kappa shape index (κ1) is 11.9. The first-order valence-corrected chi connectivity index (χ1v) is 5.75. The van der Waals surface area contributed by atoms with Crippen LogP contribution < -0.4 is 10.1 Å². The van der Waals surface area contributed by atoms with Gasteiger partial charge in [-0.15, -0.1) is 0 Å². The van der Waals surface area contributed by atoms with E-state index in [1.807, 2.05) is 19.1 Å². The van der Waals surface area contributed by atoms with Gasteiger partial charge in [0, 0.05) is 11.6 Å². The number of ether oxygens (including phenoxy) is 1. The molecule has 1 aliphatic rings. The largest absolute Gasteiger partial charge is 0.496 e. The molecule has 0 amide bonds. The lowest BCUT2D eigenvalue weighted by molar-refractivity contribution is -0.137. The van der Waals surface area contributed by atoms with Crippen LogP contribution in [-0.2, 0) is 11.2 Å². The molecule has 17 heavy (non-hydrogen) atoms. The van der Waals surface area contributed by atoms with Crippen LogP contribution in [0.3, 0.4) is 0 Å². The van der Waals surface area contributed by atoms with Crippen molar-refractivity contribution in [2.75, 3.05) is 13.7 Å². The highest BCUT2D eigenvalue weighted by Crippen LogP contribution is 2.34. The molecular weight excluding hydrogens is 218 g/mol. The van der Waals surface area contributed by atoms with E-state index in [1.165, 1.54) is 0 Å². The molecule has 1 aliphatic heterocycles. The molecule has 4 nitrogen and oxygen atoms in total. The molecular formula is C13H17NO3. The molecule has 4 heteroatoms. The number of methoxy groups -OCH3 is 1. The SMILES string of the molecule is COc1ccc(C)c2c1CCNC2CC(=O)O. The van der Waals surface area contributed by atoms with Crippen molar-refractivity contribution >= 4 is 5.97 Å². The van der Waals surface area contributed by atoms with Crippen LogP contribution in [0.25, 0.3) is 0 Å². The molecule has 0 aromatic heterocycles. The van der Waals surface area contributed by atoms with E-state index in [0.29, 0.717) is 0 Å². The molecule has 2 rings (SSSR count). The van der Waals surface area contributed by atoms with Crippen LogP contribution in [0.2, 0.25) is 0 Å². The molecule has 0 saturated heterocycles. The number of carboxylic acids is 1. The summed E-state index contributed by atoms with van der Waals surface area (Å²) in [5.41, 5.74) is 3.37. The number of nitrogens with one attached hydrogen (secondary N) is 1. The summed E-state index contributed by atoms with van der Waals surface area (Å²) in [5, 5.41) is 12.2. The first-order valence-electron chi connectivity index (χ1n) is 5.75. The molecule has 0 bridgehead atoms. The zero-order valence-corrected chi connectivity index (χ0v) is 10.1. The second kappa shape index (κ2) is 4.75. The number of hydrogen-bond donors (Lipinski definition) is 2. The third-order valence-electron chi connectivity index (χ3n) is 3.24. The van der Waals surface area contributed by atoms with Crippen LogP contribution in [0.15, 0.2) is 12.1 Å². The molecule has 0 aliphatic carbocycles. The second-order valence-corrected chi connectivity index (χ2v) is 4.33. The lowest BCUT2D eigenvalue weighted by Crippen LogP contribution is -2.32. The van der Waals surface area contributed by atoms with Gasteiger partial charge in [-0.1, -0.05) is 6.07 Å². The Hall–Kier alpha value is -1.55. The van der Waals surface area contributed by atoms with Gasteiger partial charge < -0.3 is 15.2 Å². The Morgan fingerprint density at radius 3 is 3.00 bits per heavy atom. The van der Waals surface area contributed by atoms with Gasteiger partial charge in [0.2, 0.25) is 0 Å². The predicted octanol–water partition coefficient (Wildman–Crippen LogP) is 1.67. The zero-order chi connectivity index (χ0) is 12.4. The van der Waals surface area contributed by atoms with Gasteiger partial charge in [0.1, 0.15) is 5.75 Å². The van der Waals surface area contributed by atoms with Crippen molar-refractivity contribution in [3.8, 4) is 5.75 Å². The summed E-state index contributed by atoms with van der Waals surface area (Å²) in [6.07, 6.45) is 0.997. The van der Waals surface area contributed by atoms with E-state index in [2.05, 4.69) is 5.32 Å². The summed E-state index contributed by atoms with van der Waals surface area (Å²) in [6, 6.07) is 3.84. The molecule has 1 unspecified atom stereocenters. The van der Waals surface area contributed by atoms with Crippen molar-refractivity contribution in [2.24, 2.45) is 0 Å². The molecule has 0 spiro atoms. The van der Waals surface area contributed by atoms with Gasteiger partial charge in [0.25, 0.3) is 0 Å². The average molecular weight is 235 g/mol. The van der Waals surface area contributed by atoms with E-state index >= 15 is 0 Å². The minimum Gasteiger partial charge on any atom is -0.496 e. The highest BCUT2D eigenvalue weighted by molar-refractivity contribution is 5.68. The second-order valence-electron chi connectivity index (χ2n) is 4.33. The van der Waals surface area contributed by atoms with Gasteiger partial charge in [-0.25, -0.2) is 0 Å². The van der Waals surface area contributed by atoms with Crippen LogP contribution in [0.4, 0.5) is 0 Å². The summed E-state index contributed by atoms with van der Waals surface area (Å²) in [4.78, 5) is 10.9. The highest BCUT2D eigenvalue weighted by Gasteiger charge is 2.25. The van der Waals surface area contributed by atoms with Gasteiger partial charge in [-0.05, 0) is 37.1 Å². The number of rotatable bonds is 3. The van der Waals surface area contributed by atoms with Gasteiger partial charge in [-0.2, -0.15) is 0 Å². The van der Waals surface area contributed by atoms with Gasteiger partial charge >= 0.3 is 5.97 Å². The Morgan fingerprint density at radius 1 is 1.59 bits per heavy atom. The van der Waals surface area contributed by atoms with E-state index in [1.54, 1.807) is 7.11 Å². The first-order chi connectivity index (χ1) is 8.13. The molecule has 92 valence electrons. The van der Waals surface area contributed by atoms with E-state index < -0.39 is 5.97 Å². The Labute approximate surface area is 101 Å². The number of aryl methyl sites for hydroxylation is 1. The van der Waals surface area contributed by atoms with Crippen LogP contribution in [0.5, 0.6) is 5.75 Å². The van der Waals surface area contributed by atoms with Crippen molar-refractivity contribution < 1.29 is 14.6 Å². The van der Waals surface area contributed by atoms with Gasteiger partial charge in [0.15, 0.2) is 0 Å². The molecule has 1 heterocycles. The maximum Gasteiger partial charge on any atom is 0.305 e. The minimum atomic E-state index is -0.780. The molecule has 1 aromatic rings. The zero-order valence-electron chi connectivity index (χ0n) is 10.1. The molecule has 1 atom stereocenters. The Kier molecular flexibility index (Phi) is 3.33. The fourth-order valence-corrected chi connectivity index (χ4v) is 2.52. The van der Waals surface area contributed by atoms with Crippen molar-refractivity contribution in [1.82, 2.24) is 5.32 Å². The van der Waals surface area contributed by atoms with E-state index in [9.17, 15) is 4.79 Å². The summed E-state index contributed by atoms with van der Waals surface area (Å²) in [5.74, 6) is 0.0834. The summed E-state index contributed by atoms with van der Waals surface area (Å²) in [6.45, 7) is 2.81. The van der Waals surface area contributed by atoms with E-state index in [4.69, 9.17) is 9.84 Å². The number of carboxylic acid groups (broad SMARTS) is 1. The van der Waals surface area contributed by atoms with Gasteiger partial charge in [-0.3, -0.25) is 4.79 Å². The Bertz CT molecular complexity index is 443. The Morgan fingerprint density at radius 2 is 2.35 bits per heavy atom. The number of carbonyl (C=O) groups is 1. The summed E-state index contributed by atoms with van der Waals surface area (Å²) >= 11 is 0. The van der Waals surface area contributed by atoms with Crippen molar-refractivity contribution in [3.63, 3.8) is 0 Å². The molecule has 2 N–H and O–H groups in total. The van der Waals surface area contributed by atoms with E-state index in [-0.39, 0.29) is 12.5 Å². The number of benzene rings is 1. The lowest BCUT2D eigenvalue weighted by Gasteiger charge is -2.29. The Balaban J connectivity index is 2.45. The third kappa shape index (κ3) is 2.26. The average Bonchev–Trinajstić information content (AvgIpc) is 2.29. The van der Waals surface area contributed by atoms with Crippen molar-refractivity contribution in [1.29, 1.82) is 0 Å². The summed E-state index contributed by atoms with van der Waals surface area (Å²) in [7, 11) is 1.65. The number of aliphatic carboxylic acids is 1. The molecule has 1 aromatic carbocycles. The standard InChI is InChI=1S/C13H17NO3/c1-8-3-4-11(17-2)9-5-6-14-10(13(8)9)7-12(15)16/h3-4,10,14H,5-7H2,1-2H3,(H,15,16). The molecule has 0 radical (unpaired) electrons. The monoisotopic (exact) mass is 235 g/mol. The fraction of sp³-hybridized carbons (Fsp3) is 0.462. The van der Waals surface area contributed by atoms with Crippen molar-refractivity contribution in [2.45, 2.75) is 25.8 Å². The van der Waals surface area contributed by atoms with E-state index in [0.717, 1.165) is 35.4 Å². The van der Waals surface area contributed by atoms with Crippen LogP contribution in [-0.4, -0.2) is 24.7 Å². The fourth-order valence-electron chi connectivity index (χ4n) is 2.52. The topological polar surface area (TPSA) is 58.6 Å². The minimum absolute atomic E-state index is 0.105. The third-order valence-corrected chi connectivity index (χ3v) is 3.24. The molecule has 0 saturated carbocycles. The predicted molar refractivity (Wildman–Crippen MR) is 64.4 cm³/mol. The van der Waals surface area contributed by atoms with Crippen molar-refractivity contribution in [3.05, 3.63) is 28.8 Å². The smallest absolute Gasteiger partial charge is 0.305 e. The van der Waals surface area contributed by atoms with Crippen LogP contribution in [0, 0.1) is 6.92 Å².